The minimum absolute atomic E-state index is 0.145. The molecule has 35 heavy (non-hydrogen) atoms. The van der Waals surface area contributed by atoms with Crippen LogP contribution in [0.2, 0.25) is 0 Å². The summed E-state index contributed by atoms with van der Waals surface area (Å²) in [5.41, 5.74) is 0.744. The molecule has 2 heterocycles. The molecule has 0 aliphatic rings. The van der Waals surface area contributed by atoms with Crippen LogP contribution in [0.25, 0.3) is 22.6 Å². The zero-order chi connectivity index (χ0) is 24.5. The van der Waals surface area contributed by atoms with Gasteiger partial charge in [-0.1, -0.05) is 38.7 Å². The topological polar surface area (TPSA) is 123 Å². The van der Waals surface area contributed by atoms with Gasteiger partial charge in [0.2, 0.25) is 5.82 Å². The molecule has 0 saturated carbocycles. The fourth-order valence-electron chi connectivity index (χ4n) is 3.59. The molecule has 0 radical (unpaired) electrons. The van der Waals surface area contributed by atoms with Gasteiger partial charge >= 0.3 is 0 Å². The Morgan fingerprint density at radius 1 is 1.11 bits per heavy atom. The number of hydrogen-bond donors (Lipinski definition) is 2. The number of carbonyl (C=O) groups is 1. The Bertz CT molecular complexity index is 1340. The van der Waals surface area contributed by atoms with Gasteiger partial charge in [0, 0.05) is 11.6 Å². The second-order valence-corrected chi connectivity index (χ2v) is 8.06. The number of ether oxygens (including phenoxy) is 1. The lowest BCUT2D eigenvalue weighted by Gasteiger charge is -2.09. The Morgan fingerprint density at radius 2 is 1.94 bits per heavy atom. The Labute approximate surface area is 202 Å². The number of anilines is 1. The smallest absolute Gasteiger partial charge is 0.255 e. The lowest BCUT2D eigenvalue weighted by Crippen LogP contribution is -2.13. The van der Waals surface area contributed by atoms with Gasteiger partial charge in [-0.05, 0) is 60.5 Å². The number of nitrogens with one attached hydrogen (secondary N) is 2. The molecule has 0 spiro atoms. The third-order valence-corrected chi connectivity index (χ3v) is 5.46. The largest absolute Gasteiger partial charge is 0.465 e. The minimum Gasteiger partial charge on any atom is -0.465 e. The summed E-state index contributed by atoms with van der Waals surface area (Å²) >= 11 is 0. The number of hydrogen-bond acceptors (Lipinski definition) is 7. The molecule has 0 aliphatic carbocycles. The van der Waals surface area contributed by atoms with Gasteiger partial charge < -0.3 is 14.5 Å². The summed E-state index contributed by atoms with van der Waals surface area (Å²) in [7, 11) is 0. The Hall–Kier alpha value is -4.27. The molecule has 0 atom stereocenters. The number of fused-ring (bicyclic) bond motifs is 1. The van der Waals surface area contributed by atoms with E-state index >= 15 is 0 Å². The van der Waals surface area contributed by atoms with Crippen LogP contribution in [0.1, 0.15) is 55.8 Å². The molecular formula is C26H27N5O4. The molecule has 1 amide bonds. The number of tetrazole rings is 1. The summed E-state index contributed by atoms with van der Waals surface area (Å²) < 4.78 is 11.5. The van der Waals surface area contributed by atoms with Gasteiger partial charge in [0.25, 0.3) is 5.91 Å². The van der Waals surface area contributed by atoms with Crippen molar-refractivity contribution in [3.05, 3.63) is 76.7 Å². The monoisotopic (exact) mass is 473 g/mol. The first-order valence-electron chi connectivity index (χ1n) is 11.7. The first-order valence-corrected chi connectivity index (χ1v) is 11.7. The third kappa shape index (κ3) is 6.20. The van der Waals surface area contributed by atoms with E-state index in [0.29, 0.717) is 22.4 Å². The number of amides is 1. The van der Waals surface area contributed by atoms with E-state index < -0.39 is 0 Å². The molecule has 0 aliphatic heterocycles. The van der Waals surface area contributed by atoms with Gasteiger partial charge in [-0.3, -0.25) is 9.59 Å². The molecule has 9 heteroatoms. The van der Waals surface area contributed by atoms with Crippen LogP contribution >= 0.6 is 0 Å². The Morgan fingerprint density at radius 3 is 2.71 bits per heavy atom. The van der Waals surface area contributed by atoms with E-state index in [-0.39, 0.29) is 28.5 Å². The number of allylic oxidation sites excluding steroid dienone is 1. The molecule has 0 fully saturated rings. The molecule has 9 nitrogen and oxygen atoms in total. The molecule has 4 aromatic rings. The van der Waals surface area contributed by atoms with Crippen LogP contribution in [-0.2, 0) is 0 Å². The van der Waals surface area contributed by atoms with E-state index in [2.05, 4.69) is 32.9 Å². The first kappa shape index (κ1) is 23.9. The van der Waals surface area contributed by atoms with Gasteiger partial charge in [0.15, 0.2) is 16.8 Å². The van der Waals surface area contributed by atoms with Gasteiger partial charge in [0.1, 0.15) is 5.75 Å². The fourth-order valence-corrected chi connectivity index (χ4v) is 3.59. The highest BCUT2D eigenvalue weighted by Gasteiger charge is 2.15. The van der Waals surface area contributed by atoms with Crippen molar-refractivity contribution < 1.29 is 13.9 Å². The van der Waals surface area contributed by atoms with Crippen LogP contribution in [0.3, 0.4) is 0 Å². The second kappa shape index (κ2) is 11.7. The van der Waals surface area contributed by atoms with Crippen molar-refractivity contribution in [3.8, 4) is 17.3 Å². The van der Waals surface area contributed by atoms with Crippen LogP contribution < -0.4 is 15.5 Å². The summed E-state index contributed by atoms with van der Waals surface area (Å²) in [6, 6.07) is 13.1. The van der Waals surface area contributed by atoms with Crippen LogP contribution in [0.15, 0.2) is 70.1 Å². The molecule has 4 rings (SSSR count). The number of carbonyl (C=O) groups excluding carboxylic acids is 1. The van der Waals surface area contributed by atoms with E-state index in [1.54, 1.807) is 48.7 Å². The number of nitrogens with zero attached hydrogens (tertiary/aromatic N) is 3. The maximum absolute atomic E-state index is 12.8. The van der Waals surface area contributed by atoms with Crippen molar-refractivity contribution in [2.45, 2.75) is 45.4 Å². The summed E-state index contributed by atoms with van der Waals surface area (Å²) in [6.45, 7) is 2.21. The lowest BCUT2D eigenvalue weighted by molar-refractivity contribution is 0.102. The number of rotatable bonds is 11. The van der Waals surface area contributed by atoms with E-state index in [9.17, 15) is 9.59 Å². The van der Waals surface area contributed by atoms with E-state index in [1.165, 1.54) is 31.7 Å². The number of aromatic nitrogens is 4. The standard InChI is InChI=1S/C26H27N5O4/c1-2-3-4-5-6-7-8-16-34-19-14-12-18(13-15-19)26(33)27-21-11-9-10-20-22(32)17-23(35-24(20)21)25-28-30-31-29-25/h8-17H,2-7H2,1H3,(H,27,33)(H,28,29,30,31)/b16-8+. The van der Waals surface area contributed by atoms with Gasteiger partial charge in [-0.15, -0.1) is 10.2 Å². The summed E-state index contributed by atoms with van der Waals surface area (Å²) in [5, 5.41) is 16.6. The van der Waals surface area contributed by atoms with Crippen LogP contribution in [-0.4, -0.2) is 26.5 Å². The molecule has 2 aromatic heterocycles. The van der Waals surface area contributed by atoms with Crippen molar-refractivity contribution in [3.63, 3.8) is 0 Å². The summed E-state index contributed by atoms with van der Waals surface area (Å²) in [5.74, 6) is 0.587. The molecule has 0 unspecified atom stereocenters. The Balaban J connectivity index is 1.41. The summed E-state index contributed by atoms with van der Waals surface area (Å²) in [6.07, 6.45) is 10.9. The fraction of sp³-hybridized carbons (Fsp3) is 0.269. The summed E-state index contributed by atoms with van der Waals surface area (Å²) in [4.78, 5) is 25.4. The highest BCUT2D eigenvalue weighted by atomic mass is 16.5. The molecule has 2 aromatic carbocycles. The van der Waals surface area contributed by atoms with Crippen molar-refractivity contribution in [1.29, 1.82) is 0 Å². The van der Waals surface area contributed by atoms with Crippen LogP contribution in [0, 0.1) is 0 Å². The van der Waals surface area contributed by atoms with Crippen molar-refractivity contribution >= 4 is 22.6 Å². The number of aromatic amines is 1. The molecular weight excluding hydrogens is 446 g/mol. The number of benzene rings is 2. The van der Waals surface area contributed by atoms with E-state index in [1.807, 2.05) is 6.08 Å². The van der Waals surface area contributed by atoms with Crippen LogP contribution in [0.5, 0.6) is 5.75 Å². The normalized spacial score (nSPS) is 11.2. The SMILES string of the molecule is CCCCCCC/C=C/Oc1ccc(C(=O)Nc2cccc3c(=O)cc(-c4nn[nH]n4)oc23)cc1. The number of unbranched alkanes of at least 4 members (excludes halogenated alkanes) is 5. The zero-order valence-corrected chi connectivity index (χ0v) is 19.5. The second-order valence-electron chi connectivity index (χ2n) is 8.06. The van der Waals surface area contributed by atoms with Crippen molar-refractivity contribution in [1.82, 2.24) is 20.6 Å². The quantitative estimate of drug-likeness (QED) is 0.218. The van der Waals surface area contributed by atoms with Crippen molar-refractivity contribution in [2.75, 3.05) is 5.32 Å². The maximum atomic E-state index is 12.8. The Kier molecular flexibility index (Phi) is 8.00. The molecule has 180 valence electrons. The molecule has 2 N–H and O–H groups in total. The van der Waals surface area contributed by atoms with E-state index in [0.717, 1.165) is 12.8 Å². The van der Waals surface area contributed by atoms with Crippen molar-refractivity contribution in [2.24, 2.45) is 0 Å². The first-order chi connectivity index (χ1) is 17.2. The number of H-pyrrole nitrogens is 1. The molecule has 0 saturated heterocycles. The third-order valence-electron chi connectivity index (χ3n) is 5.46. The predicted molar refractivity (Wildman–Crippen MR) is 133 cm³/mol. The van der Waals surface area contributed by atoms with Gasteiger partial charge in [0.05, 0.1) is 17.3 Å². The van der Waals surface area contributed by atoms with Gasteiger partial charge in [-0.25, -0.2) is 0 Å². The average Bonchev–Trinajstić information content (AvgIpc) is 3.42. The zero-order valence-electron chi connectivity index (χ0n) is 19.5. The minimum atomic E-state index is -0.348. The number of para-hydroxylation sites is 1. The highest BCUT2D eigenvalue weighted by molar-refractivity contribution is 6.08. The van der Waals surface area contributed by atoms with Gasteiger partial charge in [-0.2, -0.15) is 5.21 Å². The predicted octanol–water partition coefficient (Wildman–Crippen LogP) is 5.48. The molecule has 0 bridgehead atoms. The lowest BCUT2D eigenvalue weighted by atomic mass is 10.1. The maximum Gasteiger partial charge on any atom is 0.255 e. The highest BCUT2D eigenvalue weighted by Crippen LogP contribution is 2.26. The van der Waals surface area contributed by atoms with E-state index in [4.69, 9.17) is 9.15 Å². The van der Waals surface area contributed by atoms with Crippen LogP contribution in [0.4, 0.5) is 5.69 Å². The average molecular weight is 474 g/mol.